The minimum atomic E-state index is -5.43. The van der Waals surface area contributed by atoms with Crippen molar-refractivity contribution < 1.29 is 187 Å². The minimum Gasteiger partial charge on any atom is -0.394 e. The van der Waals surface area contributed by atoms with E-state index < -0.39 is 269 Å². The van der Waals surface area contributed by atoms with Crippen LogP contribution in [-0.4, -0.2) is 398 Å². The lowest BCUT2D eigenvalue weighted by Crippen LogP contribution is -2.68. The van der Waals surface area contributed by atoms with Crippen LogP contribution < -0.4 is 0 Å². The summed E-state index contributed by atoms with van der Waals surface area (Å²) in [6.07, 6.45) is -73.2. The Labute approximate surface area is 500 Å². The van der Waals surface area contributed by atoms with Crippen LogP contribution in [-0.2, 0) is 75.4 Å². The van der Waals surface area contributed by atoms with E-state index in [2.05, 4.69) is 30.2 Å². The third-order valence-electron chi connectivity index (χ3n) is 16.4. The molecule has 39 nitrogen and oxygen atoms in total. The first-order chi connectivity index (χ1) is 41.6. The van der Waals surface area contributed by atoms with Crippen molar-refractivity contribution in [3.05, 3.63) is 0 Å². The lowest BCUT2D eigenvalue weighted by atomic mass is 9.95. The number of phosphoric ester groups is 1. The summed E-state index contributed by atoms with van der Waals surface area (Å²) >= 11 is 0. The lowest BCUT2D eigenvalue weighted by molar-refractivity contribution is -0.396. The first kappa shape index (κ1) is 74.1. The summed E-state index contributed by atoms with van der Waals surface area (Å²) in [6.45, 7) is 2.30. The van der Waals surface area contributed by atoms with Crippen LogP contribution in [0.4, 0.5) is 0 Å². The highest BCUT2D eigenvalue weighted by Gasteiger charge is 2.60. The first-order valence-corrected chi connectivity index (χ1v) is 30.0. The molecular formula is C48H86NO38P. The van der Waals surface area contributed by atoms with E-state index in [4.69, 9.17) is 66.3 Å². The predicted molar refractivity (Wildman–Crippen MR) is 273 cm³/mol. The molecule has 0 unspecified atom stereocenters. The number of aliphatic hydroxyl groups is 20. The largest absolute Gasteiger partial charge is 0.469 e. The van der Waals surface area contributed by atoms with Gasteiger partial charge in [0.2, 0.25) is 0 Å². The van der Waals surface area contributed by atoms with Crippen molar-refractivity contribution in [1.29, 1.82) is 0 Å². The van der Waals surface area contributed by atoms with Gasteiger partial charge in [-0.25, -0.2) is 4.57 Å². The number of hydrogen-bond acceptors (Lipinski definition) is 37. The molecule has 22 N–H and O–H groups in total. The molecular weight excluding hydrogens is 1230 g/mol. The van der Waals surface area contributed by atoms with Gasteiger partial charge < -0.3 is 183 Å². The monoisotopic (exact) mass is 1320 g/mol. The average Bonchev–Trinajstić information content (AvgIpc) is 0.968. The molecule has 21 fully saturated rings. The van der Waals surface area contributed by atoms with E-state index in [-0.39, 0.29) is 0 Å². The van der Waals surface area contributed by atoms with Crippen molar-refractivity contribution in [2.24, 2.45) is 0 Å². The molecule has 14 bridgehead atoms. The number of hydrogen-bond donors (Lipinski definition) is 22. The van der Waals surface area contributed by atoms with Crippen LogP contribution in [0.1, 0.15) is 20.8 Å². The molecule has 21 saturated heterocycles. The van der Waals surface area contributed by atoms with E-state index in [0.29, 0.717) is 0 Å². The molecule has 0 aliphatic carbocycles. The summed E-state index contributed by atoms with van der Waals surface area (Å²) in [6, 6.07) is 0. The van der Waals surface area contributed by atoms with Crippen molar-refractivity contribution in [3.8, 4) is 0 Å². The van der Waals surface area contributed by atoms with E-state index in [0.717, 1.165) is 0 Å². The number of nitrogens with zero attached hydrogens (tertiary/aromatic N) is 1. The third kappa shape index (κ3) is 16.3. The van der Waals surface area contributed by atoms with E-state index in [9.17, 15) is 116 Å². The Kier molecular flexibility index (Phi) is 27.3. The van der Waals surface area contributed by atoms with Crippen LogP contribution in [0.25, 0.3) is 0 Å². The Morgan fingerprint density at radius 2 is 0.443 bits per heavy atom. The second kappa shape index (κ2) is 32.4. The molecule has 0 radical (unpaired) electrons. The molecule has 0 amide bonds. The standard InChI is InChI=1S/C42H71O38P.C6H15N/c43-1-8-29-16(50)23(57)37(68-8)76-31-10(3-45)70-39(25(59)18(31)52)78-33-12(5-47)72-41(27(61)20(33)54)80-35-14(7-66-81(63,64)65)73-42(28(62)21(35)55)79-34-13(6-48)71-40(26(60)19(34)53)77-32-11(4-46)69-38(24(58)17(32)51)75-30-9(2-44)67-36(74-29)22(56)15(30)49;1-4-7(5-2)6-3/h8-62H,1-7H2,(H2,63,64,65);4-6H2,1-3H3/t8-,9-,10-,11-,12-,13-,14-,15-,16-,17-,18-,19-,20-,21-,22-,23-,24-,25-,26-,27-,28-,29-,30-,31-,32-,33-,34-,35-,36-,37-,38-,39-,40-,41-,42-;/m1./s1. The maximum atomic E-state index is 11.9. The maximum absolute atomic E-state index is 11.9. The van der Waals surface area contributed by atoms with E-state index in [1.807, 2.05) is 0 Å². The van der Waals surface area contributed by atoms with Crippen LogP contribution in [0, 0.1) is 0 Å². The Balaban J connectivity index is 0.00000149. The second-order valence-corrected chi connectivity index (χ2v) is 23.1. The number of phosphoric acid groups is 1. The van der Waals surface area contributed by atoms with Gasteiger partial charge in [0.05, 0.1) is 46.2 Å². The minimum absolute atomic E-state index is 1.07. The summed E-state index contributed by atoms with van der Waals surface area (Å²) in [4.78, 5) is 21.5. The zero-order valence-corrected chi connectivity index (χ0v) is 48.4. The first-order valence-electron chi connectivity index (χ1n) is 28.4. The van der Waals surface area contributed by atoms with Crippen molar-refractivity contribution in [2.75, 3.05) is 65.9 Å². The molecule has 21 rings (SSSR count). The predicted octanol–water partition coefficient (Wildman–Crippen LogP) is -13.8. The maximum Gasteiger partial charge on any atom is 0.469 e. The van der Waals surface area contributed by atoms with Crippen molar-refractivity contribution in [1.82, 2.24) is 4.90 Å². The van der Waals surface area contributed by atoms with Gasteiger partial charge in [-0.15, -0.1) is 0 Å². The number of aliphatic hydroxyl groups excluding tert-OH is 20. The highest BCUT2D eigenvalue weighted by atomic mass is 31.2. The Morgan fingerprint density at radius 1 is 0.284 bits per heavy atom. The molecule has 516 valence electrons. The second-order valence-electron chi connectivity index (χ2n) is 21.9. The zero-order chi connectivity index (χ0) is 65.0. The van der Waals surface area contributed by atoms with Crippen molar-refractivity contribution in [3.63, 3.8) is 0 Å². The molecule has 0 aromatic heterocycles. The molecule has 0 saturated carbocycles. The molecule has 88 heavy (non-hydrogen) atoms. The molecule has 40 heteroatoms. The van der Waals surface area contributed by atoms with Crippen LogP contribution in [0.5, 0.6) is 0 Å². The topological polar surface area (TPSA) is 604 Å². The summed E-state index contributed by atoms with van der Waals surface area (Å²) < 4.78 is 95.8. The molecule has 0 aromatic rings. The SMILES string of the molecule is CCN(CC)CC.O=P(O)(O)OC[C@H]1O[C@@H]2O[C@H]3[C@H](O)[C@@H](O)[C@@H](O[C@H]4[C@H](O)[C@@H](O)[C@@H](O[C@H]5[C@H](O)[C@@H](O)[C@@H](O[C@H]6[C@H](O)[C@@H](O)[C@@H](O[C@H]7[C@H](O)[C@@H](O)[C@@H](O[C@H]8[C@H](O)[C@@H](O)[C@@H](O[C@H]1[C@H](O)[C@H]2O)O[C@@H]8CO)O[C@@H]7CO)O[C@@H]6CO)O[C@@H]5CO)O[C@@H]4CO)O[C@@H]3CO. The highest BCUT2D eigenvalue weighted by molar-refractivity contribution is 7.46. The number of rotatable bonds is 12. The lowest BCUT2D eigenvalue weighted by Gasteiger charge is -2.50. The highest BCUT2D eigenvalue weighted by Crippen LogP contribution is 2.41. The fourth-order valence-corrected chi connectivity index (χ4v) is 11.6. The molecule has 21 aliphatic rings. The summed E-state index contributed by atoms with van der Waals surface area (Å²) in [5.74, 6) is 0. The van der Waals surface area contributed by atoms with Crippen LogP contribution in [0.15, 0.2) is 0 Å². The number of ether oxygens (including phenoxy) is 14. The van der Waals surface area contributed by atoms with E-state index in [1.165, 1.54) is 19.6 Å². The van der Waals surface area contributed by atoms with Gasteiger partial charge in [-0.05, 0) is 19.6 Å². The van der Waals surface area contributed by atoms with Crippen molar-refractivity contribution in [2.45, 2.75) is 236 Å². The molecule has 0 aromatic carbocycles. The summed E-state index contributed by atoms with van der Waals surface area (Å²) in [5, 5.41) is 221. The Hall–Kier alpha value is -1.29. The van der Waals surface area contributed by atoms with Gasteiger partial charge >= 0.3 is 7.82 Å². The molecule has 0 spiro atoms. The molecule has 21 aliphatic heterocycles. The third-order valence-corrected chi connectivity index (χ3v) is 16.8. The van der Waals surface area contributed by atoms with Crippen molar-refractivity contribution >= 4 is 7.82 Å². The van der Waals surface area contributed by atoms with Gasteiger partial charge in [0.15, 0.2) is 44.0 Å². The van der Waals surface area contributed by atoms with Gasteiger partial charge in [0.25, 0.3) is 0 Å². The Morgan fingerprint density at radius 3 is 0.580 bits per heavy atom. The fraction of sp³-hybridized carbons (Fsp3) is 1.00. The van der Waals surface area contributed by atoms with E-state index >= 15 is 0 Å². The van der Waals surface area contributed by atoms with Gasteiger partial charge in [-0.3, -0.25) is 4.52 Å². The molecule has 21 heterocycles. The fourth-order valence-electron chi connectivity index (χ4n) is 11.2. The smallest absolute Gasteiger partial charge is 0.394 e. The van der Waals surface area contributed by atoms with Gasteiger partial charge in [-0.2, -0.15) is 0 Å². The summed E-state index contributed by atoms with van der Waals surface area (Å²) in [5.41, 5.74) is 0. The summed E-state index contributed by atoms with van der Waals surface area (Å²) in [7, 11) is -5.43. The van der Waals surface area contributed by atoms with Crippen LogP contribution in [0.2, 0.25) is 0 Å². The average molecular weight is 1320 g/mol. The Bertz CT molecular complexity index is 2110. The van der Waals surface area contributed by atoms with Crippen LogP contribution >= 0.6 is 7.82 Å². The van der Waals surface area contributed by atoms with Crippen LogP contribution in [0.3, 0.4) is 0 Å². The van der Waals surface area contributed by atoms with E-state index in [1.54, 1.807) is 0 Å². The van der Waals surface area contributed by atoms with Gasteiger partial charge in [0.1, 0.15) is 171 Å². The quantitative estimate of drug-likeness (QED) is 0.0807. The van der Waals surface area contributed by atoms with Gasteiger partial charge in [-0.1, -0.05) is 20.8 Å². The van der Waals surface area contributed by atoms with Gasteiger partial charge in [0, 0.05) is 0 Å². The molecule has 35 atom stereocenters. The zero-order valence-electron chi connectivity index (χ0n) is 47.5. The normalized spacial score (nSPS) is 50.0.